The number of rotatable bonds is 2. The molecule has 0 saturated carbocycles. The number of carbonyl (C=O) groups is 2. The van der Waals surface area contributed by atoms with E-state index in [1.807, 2.05) is 0 Å². The first-order chi connectivity index (χ1) is 6.06. The summed E-state index contributed by atoms with van der Waals surface area (Å²) in [6.07, 6.45) is 0.612. The smallest absolute Gasteiger partial charge is 0.162 e. The Bertz CT molecular complexity index is 369. The first-order valence-electron chi connectivity index (χ1n) is 3.82. The van der Waals surface area contributed by atoms with Gasteiger partial charge < -0.3 is 0 Å². The molecule has 0 aliphatic carbocycles. The van der Waals surface area contributed by atoms with Gasteiger partial charge in [0.15, 0.2) is 5.78 Å². The van der Waals surface area contributed by atoms with Crippen LogP contribution in [0.5, 0.6) is 0 Å². The molecule has 0 atom stereocenters. The fraction of sp³-hybridized carbons (Fsp3) is 0.200. The van der Waals surface area contributed by atoms with E-state index in [-0.39, 0.29) is 11.3 Å². The number of aryl methyl sites for hydroxylation is 1. The lowest BCUT2D eigenvalue weighted by molar-refractivity contribution is 0.101. The van der Waals surface area contributed by atoms with Crippen LogP contribution in [0, 0.1) is 12.7 Å². The van der Waals surface area contributed by atoms with Gasteiger partial charge in [-0.25, -0.2) is 4.39 Å². The predicted molar refractivity (Wildman–Crippen MR) is 46.5 cm³/mol. The number of hydrogen-bond acceptors (Lipinski definition) is 2. The summed E-state index contributed by atoms with van der Waals surface area (Å²) in [5.41, 5.74) is 0.858. The van der Waals surface area contributed by atoms with Gasteiger partial charge in [-0.2, -0.15) is 0 Å². The first kappa shape index (κ1) is 9.58. The maximum Gasteiger partial charge on any atom is 0.162 e. The van der Waals surface area contributed by atoms with E-state index in [4.69, 9.17) is 0 Å². The molecule has 0 spiro atoms. The van der Waals surface area contributed by atoms with Crippen molar-refractivity contribution in [3.63, 3.8) is 0 Å². The van der Waals surface area contributed by atoms with Crippen LogP contribution < -0.4 is 0 Å². The number of hydrogen-bond donors (Lipinski definition) is 0. The largest absolute Gasteiger partial charge is 0.298 e. The summed E-state index contributed by atoms with van der Waals surface area (Å²) in [4.78, 5) is 21.4. The molecule has 68 valence electrons. The SMILES string of the molecule is CC(=O)c1cc(C=O)c(C)cc1F. The minimum absolute atomic E-state index is 0.0345. The zero-order valence-corrected chi connectivity index (χ0v) is 7.43. The van der Waals surface area contributed by atoms with Crippen molar-refractivity contribution in [2.75, 3.05) is 0 Å². The molecule has 0 amide bonds. The minimum atomic E-state index is -0.574. The molecule has 0 radical (unpaired) electrons. The highest BCUT2D eigenvalue weighted by atomic mass is 19.1. The Morgan fingerprint density at radius 1 is 1.46 bits per heavy atom. The second kappa shape index (κ2) is 3.47. The molecule has 0 fully saturated rings. The van der Waals surface area contributed by atoms with E-state index >= 15 is 0 Å². The van der Waals surface area contributed by atoms with E-state index in [9.17, 15) is 14.0 Å². The lowest BCUT2D eigenvalue weighted by atomic mass is 10.0. The summed E-state index contributed by atoms with van der Waals surface area (Å²) < 4.78 is 13.1. The number of benzene rings is 1. The molecule has 0 aromatic heterocycles. The van der Waals surface area contributed by atoms with Crippen LogP contribution in [0.3, 0.4) is 0 Å². The molecule has 0 aliphatic heterocycles. The van der Waals surface area contributed by atoms with Crippen LogP contribution in [0.15, 0.2) is 12.1 Å². The molecule has 0 bridgehead atoms. The van der Waals surface area contributed by atoms with Gasteiger partial charge in [0.05, 0.1) is 5.56 Å². The standard InChI is InChI=1S/C10H9FO2/c1-6-3-10(11)9(7(2)13)4-8(6)5-12/h3-5H,1-2H3. The lowest BCUT2D eigenvalue weighted by Gasteiger charge is -2.02. The Hall–Kier alpha value is -1.51. The van der Waals surface area contributed by atoms with Crippen molar-refractivity contribution >= 4 is 12.1 Å². The molecule has 0 saturated heterocycles. The maximum atomic E-state index is 13.1. The Labute approximate surface area is 75.4 Å². The molecule has 0 unspecified atom stereocenters. The Kier molecular flexibility index (Phi) is 2.56. The van der Waals surface area contributed by atoms with Crippen molar-refractivity contribution in [3.8, 4) is 0 Å². The number of ketones is 1. The summed E-state index contributed by atoms with van der Waals surface area (Å²) in [6.45, 7) is 2.89. The number of aldehydes is 1. The van der Waals surface area contributed by atoms with E-state index in [1.165, 1.54) is 19.1 Å². The van der Waals surface area contributed by atoms with Gasteiger partial charge in [-0.3, -0.25) is 9.59 Å². The molecule has 13 heavy (non-hydrogen) atoms. The van der Waals surface area contributed by atoms with Crippen LogP contribution in [0.4, 0.5) is 4.39 Å². The Morgan fingerprint density at radius 2 is 2.08 bits per heavy atom. The monoisotopic (exact) mass is 180 g/mol. The third kappa shape index (κ3) is 1.80. The van der Waals surface area contributed by atoms with Gasteiger partial charge in [-0.15, -0.1) is 0 Å². The highest BCUT2D eigenvalue weighted by molar-refractivity contribution is 5.96. The molecule has 1 aromatic carbocycles. The third-order valence-electron chi connectivity index (χ3n) is 1.86. The molecule has 0 heterocycles. The van der Waals surface area contributed by atoms with Crippen LogP contribution in [0.2, 0.25) is 0 Å². The first-order valence-corrected chi connectivity index (χ1v) is 3.82. The quantitative estimate of drug-likeness (QED) is 0.516. The van der Waals surface area contributed by atoms with Gasteiger partial charge in [-0.1, -0.05) is 0 Å². The van der Waals surface area contributed by atoms with Crippen LogP contribution >= 0.6 is 0 Å². The van der Waals surface area contributed by atoms with Gasteiger partial charge in [0.25, 0.3) is 0 Å². The average molecular weight is 180 g/mol. The number of halogens is 1. The fourth-order valence-electron chi connectivity index (χ4n) is 1.09. The number of Topliss-reactive ketones (excluding diaryl/α,β-unsaturated/α-hetero) is 1. The molecule has 0 aliphatic rings. The second-order valence-corrected chi connectivity index (χ2v) is 2.86. The van der Waals surface area contributed by atoms with Crippen molar-refractivity contribution in [1.82, 2.24) is 0 Å². The predicted octanol–water partition coefficient (Wildman–Crippen LogP) is 2.15. The molecular formula is C10H9FO2. The normalized spacial score (nSPS) is 9.77. The van der Waals surface area contributed by atoms with Gasteiger partial charge in [0.1, 0.15) is 12.1 Å². The zero-order valence-electron chi connectivity index (χ0n) is 7.43. The van der Waals surface area contributed by atoms with Crippen LogP contribution in [0.1, 0.15) is 33.2 Å². The van der Waals surface area contributed by atoms with Gasteiger partial charge in [0.2, 0.25) is 0 Å². The van der Waals surface area contributed by atoms with Crippen molar-refractivity contribution in [2.45, 2.75) is 13.8 Å². The molecule has 1 rings (SSSR count). The van der Waals surface area contributed by atoms with Gasteiger partial charge in [0, 0.05) is 5.56 Å². The summed E-state index contributed by atoms with van der Waals surface area (Å²) >= 11 is 0. The summed E-state index contributed by atoms with van der Waals surface area (Å²) in [7, 11) is 0. The van der Waals surface area contributed by atoms with Gasteiger partial charge >= 0.3 is 0 Å². The van der Waals surface area contributed by atoms with E-state index in [0.717, 1.165) is 0 Å². The average Bonchev–Trinajstić information content (AvgIpc) is 2.03. The Morgan fingerprint density at radius 3 is 2.54 bits per heavy atom. The van der Waals surface area contributed by atoms with E-state index < -0.39 is 5.82 Å². The Balaban J connectivity index is 3.38. The molecule has 1 aromatic rings. The highest BCUT2D eigenvalue weighted by Gasteiger charge is 2.09. The molecule has 0 N–H and O–H groups in total. The highest BCUT2D eigenvalue weighted by Crippen LogP contribution is 2.14. The molecule has 2 nitrogen and oxygen atoms in total. The van der Waals surface area contributed by atoms with Crippen LogP contribution in [0.25, 0.3) is 0 Å². The van der Waals surface area contributed by atoms with Gasteiger partial charge in [-0.05, 0) is 31.5 Å². The van der Waals surface area contributed by atoms with Crippen molar-refractivity contribution < 1.29 is 14.0 Å². The maximum absolute atomic E-state index is 13.1. The second-order valence-electron chi connectivity index (χ2n) is 2.86. The van der Waals surface area contributed by atoms with Crippen molar-refractivity contribution in [3.05, 3.63) is 34.6 Å². The fourth-order valence-corrected chi connectivity index (χ4v) is 1.09. The topological polar surface area (TPSA) is 34.1 Å². The molecule has 3 heteroatoms. The summed E-state index contributed by atoms with van der Waals surface area (Å²) in [5, 5.41) is 0. The van der Waals surface area contributed by atoms with E-state index in [2.05, 4.69) is 0 Å². The van der Waals surface area contributed by atoms with Crippen LogP contribution in [-0.2, 0) is 0 Å². The molecular weight excluding hydrogens is 171 g/mol. The van der Waals surface area contributed by atoms with Crippen LogP contribution in [-0.4, -0.2) is 12.1 Å². The van der Waals surface area contributed by atoms with E-state index in [0.29, 0.717) is 17.4 Å². The third-order valence-corrected chi connectivity index (χ3v) is 1.86. The summed E-state index contributed by atoms with van der Waals surface area (Å²) in [6, 6.07) is 2.47. The minimum Gasteiger partial charge on any atom is -0.298 e. The zero-order chi connectivity index (χ0) is 10.0. The van der Waals surface area contributed by atoms with Crippen molar-refractivity contribution in [1.29, 1.82) is 0 Å². The number of carbonyl (C=O) groups excluding carboxylic acids is 2. The summed E-state index contributed by atoms with van der Waals surface area (Å²) in [5.74, 6) is -0.948. The van der Waals surface area contributed by atoms with E-state index in [1.54, 1.807) is 6.92 Å². The lowest BCUT2D eigenvalue weighted by Crippen LogP contribution is -2.00. The van der Waals surface area contributed by atoms with Crippen molar-refractivity contribution in [2.24, 2.45) is 0 Å².